The third kappa shape index (κ3) is 2.34. The molecule has 0 bridgehead atoms. The molecule has 2 rings (SSSR count). The van der Waals surface area contributed by atoms with Crippen LogP contribution < -0.4 is 10.2 Å². The lowest BCUT2D eigenvalue weighted by molar-refractivity contribution is -0.119. The molecule has 0 radical (unpaired) electrons. The Morgan fingerprint density at radius 3 is 2.94 bits per heavy atom. The van der Waals surface area contributed by atoms with Gasteiger partial charge in [0.1, 0.15) is 0 Å². The van der Waals surface area contributed by atoms with Crippen molar-refractivity contribution in [2.75, 3.05) is 25.5 Å². The molecule has 0 aromatic heterocycles. The summed E-state index contributed by atoms with van der Waals surface area (Å²) in [6, 6.07) is 6.42. The van der Waals surface area contributed by atoms with Crippen LogP contribution in [0.5, 0.6) is 0 Å². The van der Waals surface area contributed by atoms with Gasteiger partial charge in [0, 0.05) is 19.2 Å². The van der Waals surface area contributed by atoms with E-state index < -0.39 is 0 Å². The van der Waals surface area contributed by atoms with Crippen molar-refractivity contribution in [3.05, 3.63) is 29.3 Å². The fourth-order valence-electron chi connectivity index (χ4n) is 2.46. The van der Waals surface area contributed by atoms with Crippen molar-refractivity contribution in [1.82, 2.24) is 5.32 Å². The highest BCUT2D eigenvalue weighted by atomic mass is 16.2. The number of nitrogens with zero attached hydrogens (tertiary/aromatic N) is 1. The zero-order chi connectivity index (χ0) is 12.4. The SMILES string of the molecule is CNCCC1CC(=O)N(C)c2cc(C)ccc21. The van der Waals surface area contributed by atoms with E-state index in [4.69, 9.17) is 0 Å². The molecule has 0 aliphatic carbocycles. The number of aryl methyl sites for hydroxylation is 1. The van der Waals surface area contributed by atoms with Crippen LogP contribution in [0.3, 0.4) is 0 Å². The summed E-state index contributed by atoms with van der Waals surface area (Å²) >= 11 is 0. The predicted octanol–water partition coefficient (Wildman–Crippen LogP) is 2.05. The number of nitrogens with one attached hydrogen (secondary N) is 1. The van der Waals surface area contributed by atoms with E-state index >= 15 is 0 Å². The van der Waals surface area contributed by atoms with Crippen LogP contribution >= 0.6 is 0 Å². The van der Waals surface area contributed by atoms with Crippen LogP contribution in [0.4, 0.5) is 5.69 Å². The first kappa shape index (κ1) is 12.1. The first-order valence-corrected chi connectivity index (χ1v) is 6.15. The maximum Gasteiger partial charge on any atom is 0.227 e. The highest BCUT2D eigenvalue weighted by molar-refractivity contribution is 5.96. The molecule has 1 N–H and O–H groups in total. The Kier molecular flexibility index (Phi) is 3.48. The van der Waals surface area contributed by atoms with Crippen molar-refractivity contribution in [3.8, 4) is 0 Å². The molecule has 1 aromatic carbocycles. The summed E-state index contributed by atoms with van der Waals surface area (Å²) in [5, 5.41) is 3.16. The molecule has 3 heteroatoms. The summed E-state index contributed by atoms with van der Waals surface area (Å²) in [6.07, 6.45) is 1.65. The standard InChI is InChI=1S/C14H20N2O/c1-10-4-5-12-11(6-7-15-2)9-14(17)16(3)13(12)8-10/h4-5,8,11,15H,6-7,9H2,1-3H3. The normalized spacial score (nSPS) is 19.4. The Bertz CT molecular complexity index is 428. The van der Waals surface area contributed by atoms with E-state index in [1.54, 1.807) is 4.90 Å². The van der Waals surface area contributed by atoms with Gasteiger partial charge in [0.05, 0.1) is 0 Å². The van der Waals surface area contributed by atoms with Gasteiger partial charge in [-0.2, -0.15) is 0 Å². The lowest BCUT2D eigenvalue weighted by atomic mass is 9.86. The van der Waals surface area contributed by atoms with E-state index in [1.165, 1.54) is 11.1 Å². The zero-order valence-electron chi connectivity index (χ0n) is 10.8. The van der Waals surface area contributed by atoms with Gasteiger partial charge < -0.3 is 10.2 Å². The van der Waals surface area contributed by atoms with E-state index in [0.29, 0.717) is 12.3 Å². The molecular formula is C14H20N2O. The summed E-state index contributed by atoms with van der Waals surface area (Å²) in [5.41, 5.74) is 3.60. The molecule has 1 aliphatic rings. The third-order valence-electron chi connectivity index (χ3n) is 3.53. The molecule has 1 amide bonds. The molecule has 17 heavy (non-hydrogen) atoms. The fraction of sp³-hybridized carbons (Fsp3) is 0.500. The van der Waals surface area contributed by atoms with E-state index in [9.17, 15) is 4.79 Å². The summed E-state index contributed by atoms with van der Waals surface area (Å²) in [7, 11) is 3.82. The van der Waals surface area contributed by atoms with Gasteiger partial charge in [-0.25, -0.2) is 0 Å². The van der Waals surface area contributed by atoms with Crippen LogP contribution in [0.15, 0.2) is 18.2 Å². The number of hydrogen-bond donors (Lipinski definition) is 1. The maximum atomic E-state index is 11.9. The highest BCUT2D eigenvalue weighted by Gasteiger charge is 2.28. The van der Waals surface area contributed by atoms with Crippen molar-refractivity contribution in [2.45, 2.75) is 25.7 Å². The molecule has 0 saturated heterocycles. The molecule has 1 unspecified atom stereocenters. The first-order chi connectivity index (χ1) is 8.13. The molecule has 0 saturated carbocycles. The Hall–Kier alpha value is -1.35. The number of carbonyl (C=O) groups is 1. The molecule has 0 spiro atoms. The van der Waals surface area contributed by atoms with Crippen molar-refractivity contribution in [1.29, 1.82) is 0 Å². The third-order valence-corrected chi connectivity index (χ3v) is 3.53. The monoisotopic (exact) mass is 232 g/mol. The van der Waals surface area contributed by atoms with Crippen LogP contribution in [0.25, 0.3) is 0 Å². The summed E-state index contributed by atoms with van der Waals surface area (Å²) in [5.74, 6) is 0.589. The molecule has 92 valence electrons. The summed E-state index contributed by atoms with van der Waals surface area (Å²) in [6.45, 7) is 3.02. The Balaban J connectivity index is 2.35. The lowest BCUT2D eigenvalue weighted by Crippen LogP contribution is -2.34. The van der Waals surface area contributed by atoms with Crippen LogP contribution in [-0.4, -0.2) is 26.5 Å². The van der Waals surface area contributed by atoms with E-state index in [0.717, 1.165) is 18.7 Å². The number of anilines is 1. The number of rotatable bonds is 3. The van der Waals surface area contributed by atoms with Gasteiger partial charge in [0.2, 0.25) is 5.91 Å². The van der Waals surface area contributed by atoms with Crippen LogP contribution in [0.2, 0.25) is 0 Å². The number of hydrogen-bond acceptors (Lipinski definition) is 2. The second-order valence-electron chi connectivity index (χ2n) is 4.81. The number of fused-ring (bicyclic) bond motifs is 1. The van der Waals surface area contributed by atoms with Gasteiger partial charge in [0.25, 0.3) is 0 Å². The first-order valence-electron chi connectivity index (χ1n) is 6.15. The second-order valence-corrected chi connectivity index (χ2v) is 4.81. The smallest absolute Gasteiger partial charge is 0.227 e. The quantitative estimate of drug-likeness (QED) is 0.865. The summed E-state index contributed by atoms with van der Waals surface area (Å²) < 4.78 is 0. The van der Waals surface area contributed by atoms with Crippen molar-refractivity contribution < 1.29 is 4.79 Å². The molecule has 1 aliphatic heterocycles. The van der Waals surface area contributed by atoms with E-state index in [-0.39, 0.29) is 5.91 Å². The van der Waals surface area contributed by atoms with E-state index in [2.05, 4.69) is 30.4 Å². The largest absolute Gasteiger partial charge is 0.320 e. The fourth-order valence-corrected chi connectivity index (χ4v) is 2.46. The number of benzene rings is 1. The highest BCUT2D eigenvalue weighted by Crippen LogP contribution is 2.37. The minimum Gasteiger partial charge on any atom is -0.320 e. The van der Waals surface area contributed by atoms with Crippen molar-refractivity contribution in [2.24, 2.45) is 0 Å². The topological polar surface area (TPSA) is 32.3 Å². The van der Waals surface area contributed by atoms with Gasteiger partial charge >= 0.3 is 0 Å². The van der Waals surface area contributed by atoms with Crippen LogP contribution in [-0.2, 0) is 4.79 Å². The summed E-state index contributed by atoms with van der Waals surface area (Å²) in [4.78, 5) is 13.7. The Morgan fingerprint density at radius 2 is 2.24 bits per heavy atom. The Labute approximate surface area is 103 Å². The molecule has 1 heterocycles. The van der Waals surface area contributed by atoms with Gasteiger partial charge in [-0.1, -0.05) is 12.1 Å². The van der Waals surface area contributed by atoms with E-state index in [1.807, 2.05) is 14.1 Å². The van der Waals surface area contributed by atoms with Gasteiger partial charge in [-0.3, -0.25) is 4.79 Å². The average molecular weight is 232 g/mol. The van der Waals surface area contributed by atoms with Gasteiger partial charge in [-0.05, 0) is 50.0 Å². The number of carbonyl (C=O) groups excluding carboxylic acids is 1. The molecule has 0 fully saturated rings. The molecule has 3 nitrogen and oxygen atoms in total. The second kappa shape index (κ2) is 4.88. The molecule has 1 aromatic rings. The Morgan fingerprint density at radius 1 is 1.47 bits per heavy atom. The minimum absolute atomic E-state index is 0.226. The average Bonchev–Trinajstić information content (AvgIpc) is 2.32. The predicted molar refractivity (Wildman–Crippen MR) is 70.5 cm³/mol. The maximum absolute atomic E-state index is 11.9. The van der Waals surface area contributed by atoms with Gasteiger partial charge in [-0.15, -0.1) is 0 Å². The lowest BCUT2D eigenvalue weighted by Gasteiger charge is -2.32. The minimum atomic E-state index is 0.226. The zero-order valence-corrected chi connectivity index (χ0v) is 10.8. The number of amides is 1. The molecule has 1 atom stereocenters. The van der Waals surface area contributed by atoms with Crippen LogP contribution in [0.1, 0.15) is 29.9 Å². The van der Waals surface area contributed by atoms with Crippen molar-refractivity contribution in [3.63, 3.8) is 0 Å². The van der Waals surface area contributed by atoms with Crippen LogP contribution in [0, 0.1) is 6.92 Å². The van der Waals surface area contributed by atoms with Crippen molar-refractivity contribution >= 4 is 11.6 Å². The molecular weight excluding hydrogens is 212 g/mol. The van der Waals surface area contributed by atoms with Gasteiger partial charge in [0.15, 0.2) is 0 Å².